The second-order valence-electron chi connectivity index (χ2n) is 5.85. The Morgan fingerprint density at radius 1 is 1.22 bits per heavy atom. The first-order chi connectivity index (χ1) is 12.7. The third kappa shape index (κ3) is 5.46. The fourth-order valence-corrected chi connectivity index (χ4v) is 2.45. The zero-order chi connectivity index (χ0) is 20.1. The summed E-state index contributed by atoms with van der Waals surface area (Å²) in [6, 6.07) is 0.405. The summed E-state index contributed by atoms with van der Waals surface area (Å²) in [5.74, 6) is -3.29. The fourth-order valence-electron chi connectivity index (χ4n) is 2.45. The van der Waals surface area contributed by atoms with Crippen molar-refractivity contribution >= 4 is 23.5 Å². The highest BCUT2D eigenvalue weighted by molar-refractivity contribution is 5.96. The molecule has 0 bridgehead atoms. The first-order valence-electron chi connectivity index (χ1n) is 7.83. The van der Waals surface area contributed by atoms with Gasteiger partial charge in [-0.3, -0.25) is 9.59 Å². The van der Waals surface area contributed by atoms with Gasteiger partial charge in [0.05, 0.1) is 24.4 Å². The minimum atomic E-state index is -1.43. The number of urea groups is 1. The summed E-state index contributed by atoms with van der Waals surface area (Å²) in [6.07, 6.45) is -1.80. The Morgan fingerprint density at radius 2 is 1.93 bits per heavy atom. The van der Waals surface area contributed by atoms with Gasteiger partial charge in [-0.05, 0) is 12.1 Å². The maximum Gasteiger partial charge on any atom is 0.319 e. The maximum atomic E-state index is 13.6. The quantitative estimate of drug-likeness (QED) is 0.389. The smallest absolute Gasteiger partial charge is 0.319 e. The van der Waals surface area contributed by atoms with Crippen molar-refractivity contribution < 1.29 is 33.4 Å². The van der Waals surface area contributed by atoms with Gasteiger partial charge in [0.1, 0.15) is 17.7 Å². The minimum absolute atomic E-state index is 0.0207. The van der Waals surface area contributed by atoms with Crippen molar-refractivity contribution in [2.75, 3.05) is 11.9 Å². The molecule has 27 heavy (non-hydrogen) atoms. The van der Waals surface area contributed by atoms with E-state index >= 15 is 0 Å². The molecule has 146 valence electrons. The normalized spacial score (nSPS) is 21.8. The van der Waals surface area contributed by atoms with Gasteiger partial charge in [0.25, 0.3) is 0 Å². The molecule has 0 unspecified atom stereocenters. The Bertz CT molecular complexity index is 786. The SMILES string of the molecule is NC(=O)CNC(=O)C1=C[C@@H](NC(=O)Nc2ccc(F)cc2F)[C@@H](O)[C@H](O)C1. The Labute approximate surface area is 152 Å². The first kappa shape index (κ1) is 20.3. The molecule has 0 spiro atoms. The number of hydrogen-bond donors (Lipinski definition) is 6. The lowest BCUT2D eigenvalue weighted by atomic mass is 9.90. The van der Waals surface area contributed by atoms with Crippen LogP contribution in [-0.4, -0.2) is 52.9 Å². The van der Waals surface area contributed by atoms with Crippen LogP contribution in [0.4, 0.5) is 19.3 Å². The number of amides is 4. The second-order valence-corrected chi connectivity index (χ2v) is 5.85. The number of carbonyl (C=O) groups excluding carboxylic acids is 3. The number of hydrogen-bond acceptors (Lipinski definition) is 5. The number of nitrogens with one attached hydrogen (secondary N) is 3. The number of benzene rings is 1. The standard InChI is InChI=1S/C16H18F2N4O5/c17-8-1-2-10(9(18)5-8)21-16(27)22-11-3-7(4-12(23)14(11)25)15(26)20-6-13(19)24/h1-3,5,11-12,14,23,25H,4,6H2,(H2,19,24)(H,20,26)(H2,21,22,27)/t11-,12-,14-/m1/s1. The van der Waals surface area contributed by atoms with E-state index in [0.717, 1.165) is 12.1 Å². The maximum absolute atomic E-state index is 13.6. The van der Waals surface area contributed by atoms with Gasteiger partial charge in [0.15, 0.2) is 0 Å². The molecule has 2 rings (SSSR count). The van der Waals surface area contributed by atoms with E-state index in [9.17, 15) is 33.4 Å². The van der Waals surface area contributed by atoms with E-state index in [0.29, 0.717) is 6.07 Å². The highest BCUT2D eigenvalue weighted by atomic mass is 19.1. The first-order valence-corrected chi connectivity index (χ1v) is 7.83. The third-order valence-corrected chi connectivity index (χ3v) is 3.76. The van der Waals surface area contributed by atoms with Gasteiger partial charge >= 0.3 is 6.03 Å². The third-order valence-electron chi connectivity index (χ3n) is 3.76. The lowest BCUT2D eigenvalue weighted by molar-refractivity contribution is -0.123. The minimum Gasteiger partial charge on any atom is -0.390 e. The summed E-state index contributed by atoms with van der Waals surface area (Å²) in [7, 11) is 0. The van der Waals surface area contributed by atoms with E-state index in [2.05, 4.69) is 16.0 Å². The average Bonchev–Trinajstić information content (AvgIpc) is 2.59. The van der Waals surface area contributed by atoms with Crippen LogP contribution in [0.2, 0.25) is 0 Å². The van der Waals surface area contributed by atoms with Crippen molar-refractivity contribution in [3.05, 3.63) is 41.5 Å². The Hall–Kier alpha value is -3.05. The molecule has 0 radical (unpaired) electrons. The van der Waals surface area contributed by atoms with Gasteiger partial charge in [0.2, 0.25) is 11.8 Å². The van der Waals surface area contributed by atoms with Gasteiger partial charge in [-0.1, -0.05) is 6.08 Å². The molecular formula is C16H18F2N4O5. The average molecular weight is 384 g/mol. The molecule has 1 aromatic rings. The summed E-state index contributed by atoms with van der Waals surface area (Å²) in [4.78, 5) is 34.7. The Morgan fingerprint density at radius 3 is 2.56 bits per heavy atom. The largest absolute Gasteiger partial charge is 0.390 e. The van der Waals surface area contributed by atoms with Crippen molar-refractivity contribution in [1.82, 2.24) is 10.6 Å². The van der Waals surface area contributed by atoms with Gasteiger partial charge in [0, 0.05) is 18.1 Å². The molecule has 0 aromatic heterocycles. The van der Waals surface area contributed by atoms with E-state index in [4.69, 9.17) is 5.73 Å². The summed E-state index contributed by atoms with van der Waals surface area (Å²) in [5.41, 5.74) is 4.64. The predicted molar refractivity (Wildman–Crippen MR) is 89.2 cm³/mol. The van der Waals surface area contributed by atoms with E-state index in [1.807, 2.05) is 0 Å². The van der Waals surface area contributed by atoms with Crippen LogP contribution in [0.25, 0.3) is 0 Å². The van der Waals surface area contributed by atoms with E-state index in [1.54, 1.807) is 0 Å². The summed E-state index contributed by atoms with van der Waals surface area (Å²) < 4.78 is 26.5. The molecular weight excluding hydrogens is 366 g/mol. The lowest BCUT2D eigenvalue weighted by Crippen LogP contribution is -2.52. The van der Waals surface area contributed by atoms with Crippen LogP contribution in [0, 0.1) is 11.6 Å². The molecule has 4 amide bonds. The molecule has 1 aliphatic carbocycles. The van der Waals surface area contributed by atoms with Crippen LogP contribution in [0.1, 0.15) is 6.42 Å². The molecule has 0 saturated heterocycles. The summed E-state index contributed by atoms with van der Waals surface area (Å²) in [5, 5.41) is 26.5. The zero-order valence-electron chi connectivity index (χ0n) is 13.9. The molecule has 1 aliphatic rings. The number of nitrogens with two attached hydrogens (primary N) is 1. The molecule has 0 aliphatic heterocycles. The van der Waals surface area contributed by atoms with Crippen LogP contribution in [-0.2, 0) is 9.59 Å². The number of carbonyl (C=O) groups is 3. The van der Waals surface area contributed by atoms with E-state index in [-0.39, 0.29) is 17.7 Å². The fraction of sp³-hybridized carbons (Fsp3) is 0.312. The molecule has 0 fully saturated rings. The monoisotopic (exact) mass is 384 g/mol. The summed E-state index contributed by atoms with van der Waals surface area (Å²) >= 11 is 0. The van der Waals surface area contributed by atoms with E-state index in [1.165, 1.54) is 6.08 Å². The number of primary amides is 1. The topological polar surface area (TPSA) is 154 Å². The predicted octanol–water partition coefficient (Wildman–Crippen LogP) is -0.892. The Kier molecular flexibility index (Phi) is 6.42. The van der Waals surface area contributed by atoms with Crippen LogP contribution in [0.3, 0.4) is 0 Å². The number of aliphatic hydroxyl groups excluding tert-OH is 2. The summed E-state index contributed by atoms with van der Waals surface area (Å²) in [6.45, 7) is -0.419. The van der Waals surface area contributed by atoms with Gasteiger partial charge in [-0.15, -0.1) is 0 Å². The molecule has 1 aromatic carbocycles. The molecule has 0 heterocycles. The molecule has 7 N–H and O–H groups in total. The molecule has 11 heteroatoms. The van der Waals surface area contributed by atoms with Crippen molar-refractivity contribution in [3.63, 3.8) is 0 Å². The lowest BCUT2D eigenvalue weighted by Gasteiger charge is -2.31. The molecule has 9 nitrogen and oxygen atoms in total. The van der Waals surface area contributed by atoms with Gasteiger partial charge in [-0.25, -0.2) is 13.6 Å². The number of anilines is 1. The number of halogens is 2. The van der Waals surface area contributed by atoms with Gasteiger partial charge in [-0.2, -0.15) is 0 Å². The number of aliphatic hydroxyl groups is 2. The molecule has 3 atom stereocenters. The van der Waals surface area contributed by atoms with Crippen LogP contribution < -0.4 is 21.7 Å². The number of rotatable bonds is 5. The Balaban J connectivity index is 2.07. The highest BCUT2D eigenvalue weighted by Crippen LogP contribution is 2.20. The van der Waals surface area contributed by atoms with Crippen molar-refractivity contribution in [3.8, 4) is 0 Å². The van der Waals surface area contributed by atoms with Crippen LogP contribution in [0.5, 0.6) is 0 Å². The zero-order valence-corrected chi connectivity index (χ0v) is 13.9. The van der Waals surface area contributed by atoms with Crippen LogP contribution >= 0.6 is 0 Å². The van der Waals surface area contributed by atoms with Crippen molar-refractivity contribution in [1.29, 1.82) is 0 Å². The molecule has 0 saturated carbocycles. The second kappa shape index (κ2) is 8.56. The van der Waals surface area contributed by atoms with Crippen molar-refractivity contribution in [2.45, 2.75) is 24.7 Å². The van der Waals surface area contributed by atoms with Crippen LogP contribution in [0.15, 0.2) is 29.8 Å². The van der Waals surface area contributed by atoms with Crippen molar-refractivity contribution in [2.24, 2.45) is 5.73 Å². The highest BCUT2D eigenvalue weighted by Gasteiger charge is 2.33. The van der Waals surface area contributed by atoms with E-state index < -0.39 is 54.3 Å². The van der Waals surface area contributed by atoms with Gasteiger partial charge < -0.3 is 31.9 Å².